The molecule has 1 atom stereocenters. The SMILES string of the molecule is CC1(C)C[C@@](CCN2C(=O)c3ccccc3C2=O)(Cc2ccccc2)CCO1. The Morgan fingerprint density at radius 3 is 2.14 bits per heavy atom. The Kier molecular flexibility index (Phi) is 4.84. The van der Waals surface area contributed by atoms with Gasteiger partial charge in [-0.3, -0.25) is 14.5 Å². The van der Waals surface area contributed by atoms with Crippen molar-refractivity contribution in [3.05, 3.63) is 71.3 Å². The zero-order chi connectivity index (χ0) is 19.8. The Bertz CT molecular complexity index is 855. The molecule has 4 rings (SSSR count). The van der Waals surface area contributed by atoms with Crippen LogP contribution in [0, 0.1) is 5.41 Å². The molecule has 2 aliphatic heterocycles. The molecular formula is C24H27NO3. The highest BCUT2D eigenvalue weighted by Gasteiger charge is 2.43. The number of carbonyl (C=O) groups excluding carboxylic acids is 2. The van der Waals surface area contributed by atoms with Crippen LogP contribution < -0.4 is 0 Å². The predicted molar refractivity (Wildman–Crippen MR) is 108 cm³/mol. The van der Waals surface area contributed by atoms with E-state index in [0.717, 1.165) is 25.7 Å². The average Bonchev–Trinajstić information content (AvgIpc) is 2.91. The summed E-state index contributed by atoms with van der Waals surface area (Å²) in [6.07, 6.45) is 3.58. The van der Waals surface area contributed by atoms with Crippen LogP contribution in [-0.4, -0.2) is 35.5 Å². The van der Waals surface area contributed by atoms with Gasteiger partial charge >= 0.3 is 0 Å². The molecule has 4 nitrogen and oxygen atoms in total. The lowest BCUT2D eigenvalue weighted by atomic mass is 9.68. The second-order valence-corrected chi connectivity index (χ2v) is 8.75. The number of carbonyl (C=O) groups is 2. The third-order valence-electron chi connectivity index (χ3n) is 6.09. The fraction of sp³-hybridized carbons (Fsp3) is 0.417. The summed E-state index contributed by atoms with van der Waals surface area (Å²) >= 11 is 0. The Hall–Kier alpha value is -2.46. The van der Waals surface area contributed by atoms with Crippen molar-refractivity contribution in [2.75, 3.05) is 13.2 Å². The third kappa shape index (κ3) is 3.61. The second kappa shape index (κ2) is 7.17. The summed E-state index contributed by atoms with van der Waals surface area (Å²) in [5.41, 5.74) is 2.16. The summed E-state index contributed by atoms with van der Waals surface area (Å²) < 4.78 is 5.98. The van der Waals surface area contributed by atoms with Crippen LogP contribution >= 0.6 is 0 Å². The van der Waals surface area contributed by atoms with Crippen molar-refractivity contribution in [3.63, 3.8) is 0 Å². The number of rotatable bonds is 5. The number of ether oxygens (including phenoxy) is 1. The van der Waals surface area contributed by atoms with Gasteiger partial charge in [-0.2, -0.15) is 0 Å². The number of nitrogens with zero attached hydrogens (tertiary/aromatic N) is 1. The topological polar surface area (TPSA) is 46.6 Å². The monoisotopic (exact) mass is 377 g/mol. The van der Waals surface area contributed by atoms with Crippen LogP contribution in [0.2, 0.25) is 0 Å². The number of hydrogen-bond donors (Lipinski definition) is 0. The van der Waals surface area contributed by atoms with Crippen LogP contribution in [0.1, 0.15) is 59.4 Å². The molecule has 0 bridgehead atoms. The van der Waals surface area contributed by atoms with E-state index in [0.29, 0.717) is 24.3 Å². The minimum Gasteiger partial charge on any atom is -0.376 e. The maximum absolute atomic E-state index is 12.8. The van der Waals surface area contributed by atoms with E-state index in [4.69, 9.17) is 4.74 Å². The average molecular weight is 377 g/mol. The van der Waals surface area contributed by atoms with Gasteiger partial charge in [0.15, 0.2) is 0 Å². The van der Waals surface area contributed by atoms with Gasteiger partial charge in [0.1, 0.15) is 0 Å². The van der Waals surface area contributed by atoms with Gasteiger partial charge in [-0.15, -0.1) is 0 Å². The van der Waals surface area contributed by atoms with E-state index in [1.165, 1.54) is 10.5 Å². The maximum Gasteiger partial charge on any atom is 0.261 e. The van der Waals surface area contributed by atoms with Crippen LogP contribution in [0.5, 0.6) is 0 Å². The van der Waals surface area contributed by atoms with Crippen molar-refractivity contribution >= 4 is 11.8 Å². The number of fused-ring (bicyclic) bond motifs is 1. The third-order valence-corrected chi connectivity index (χ3v) is 6.09. The van der Waals surface area contributed by atoms with Crippen molar-refractivity contribution in [2.24, 2.45) is 5.41 Å². The van der Waals surface area contributed by atoms with E-state index in [1.807, 2.05) is 18.2 Å². The van der Waals surface area contributed by atoms with Crippen LogP contribution in [-0.2, 0) is 11.2 Å². The number of amides is 2. The van der Waals surface area contributed by atoms with Gasteiger partial charge in [0.25, 0.3) is 11.8 Å². The molecule has 2 heterocycles. The fourth-order valence-corrected chi connectivity index (χ4v) is 4.86. The first kappa shape index (κ1) is 18.9. The van der Waals surface area contributed by atoms with Gasteiger partial charge in [-0.1, -0.05) is 42.5 Å². The molecule has 0 saturated carbocycles. The zero-order valence-electron chi connectivity index (χ0n) is 16.6. The highest BCUT2D eigenvalue weighted by Crippen LogP contribution is 2.44. The fourth-order valence-electron chi connectivity index (χ4n) is 4.86. The summed E-state index contributed by atoms with van der Waals surface area (Å²) in [6, 6.07) is 17.6. The molecule has 0 radical (unpaired) electrons. The second-order valence-electron chi connectivity index (χ2n) is 8.75. The summed E-state index contributed by atoms with van der Waals surface area (Å²) in [7, 11) is 0. The Balaban J connectivity index is 1.55. The molecule has 4 heteroatoms. The molecule has 2 amide bonds. The molecule has 0 N–H and O–H groups in total. The molecule has 2 aromatic rings. The van der Waals surface area contributed by atoms with E-state index < -0.39 is 0 Å². The maximum atomic E-state index is 12.8. The molecule has 0 aromatic heterocycles. The van der Waals surface area contributed by atoms with E-state index >= 15 is 0 Å². The quantitative estimate of drug-likeness (QED) is 0.721. The standard InChI is InChI=1S/C24H27NO3/c1-23(2)17-24(13-15-28-23,16-18-8-4-3-5-9-18)12-14-25-21(26)19-10-6-7-11-20(19)22(25)27/h3-11H,12-17H2,1-2H3/t24-/m1/s1. The van der Waals surface area contributed by atoms with Crippen molar-refractivity contribution in [1.29, 1.82) is 0 Å². The largest absolute Gasteiger partial charge is 0.376 e. The van der Waals surface area contributed by atoms with Gasteiger partial charge in [-0.05, 0) is 62.6 Å². The van der Waals surface area contributed by atoms with Crippen LogP contribution in [0.4, 0.5) is 0 Å². The predicted octanol–water partition coefficient (Wildman–Crippen LogP) is 4.49. The van der Waals surface area contributed by atoms with Crippen LogP contribution in [0.25, 0.3) is 0 Å². The normalized spacial score (nSPS) is 23.7. The van der Waals surface area contributed by atoms with E-state index in [2.05, 4.69) is 38.1 Å². The van der Waals surface area contributed by atoms with E-state index in [1.54, 1.807) is 12.1 Å². The molecule has 0 aliphatic carbocycles. The lowest BCUT2D eigenvalue weighted by Gasteiger charge is -2.45. The Morgan fingerprint density at radius 1 is 0.929 bits per heavy atom. The summed E-state index contributed by atoms with van der Waals surface area (Å²) in [5.74, 6) is -0.330. The highest BCUT2D eigenvalue weighted by atomic mass is 16.5. The number of benzene rings is 2. The molecular weight excluding hydrogens is 350 g/mol. The lowest BCUT2D eigenvalue weighted by molar-refractivity contribution is -0.107. The zero-order valence-corrected chi connectivity index (χ0v) is 16.6. The van der Waals surface area contributed by atoms with Gasteiger partial charge in [0, 0.05) is 13.2 Å². The van der Waals surface area contributed by atoms with Gasteiger partial charge in [-0.25, -0.2) is 0 Å². The first-order valence-electron chi connectivity index (χ1n) is 10.0. The first-order valence-corrected chi connectivity index (χ1v) is 10.0. The Morgan fingerprint density at radius 2 is 1.54 bits per heavy atom. The smallest absolute Gasteiger partial charge is 0.261 e. The summed E-state index contributed by atoms with van der Waals surface area (Å²) in [5, 5.41) is 0. The number of imide groups is 1. The lowest BCUT2D eigenvalue weighted by Crippen LogP contribution is -2.44. The molecule has 2 aromatic carbocycles. The molecule has 1 fully saturated rings. The Labute approximate surface area is 166 Å². The summed E-state index contributed by atoms with van der Waals surface area (Å²) in [4.78, 5) is 26.9. The summed E-state index contributed by atoms with van der Waals surface area (Å²) in [6.45, 7) is 5.43. The van der Waals surface area contributed by atoms with Crippen molar-refractivity contribution < 1.29 is 14.3 Å². The van der Waals surface area contributed by atoms with Crippen LogP contribution in [0.3, 0.4) is 0 Å². The van der Waals surface area contributed by atoms with Crippen molar-refractivity contribution in [3.8, 4) is 0 Å². The first-order chi connectivity index (χ1) is 13.4. The van der Waals surface area contributed by atoms with Crippen LogP contribution in [0.15, 0.2) is 54.6 Å². The van der Waals surface area contributed by atoms with E-state index in [9.17, 15) is 9.59 Å². The number of hydrogen-bond acceptors (Lipinski definition) is 3. The van der Waals surface area contributed by atoms with Gasteiger partial charge in [0.2, 0.25) is 0 Å². The van der Waals surface area contributed by atoms with Crippen molar-refractivity contribution in [1.82, 2.24) is 4.90 Å². The minimum absolute atomic E-state index is 0.0123. The van der Waals surface area contributed by atoms with Gasteiger partial charge < -0.3 is 4.74 Å². The molecule has 28 heavy (non-hydrogen) atoms. The highest BCUT2D eigenvalue weighted by molar-refractivity contribution is 6.21. The molecule has 0 spiro atoms. The molecule has 1 saturated heterocycles. The van der Waals surface area contributed by atoms with E-state index in [-0.39, 0.29) is 22.8 Å². The molecule has 2 aliphatic rings. The van der Waals surface area contributed by atoms with Crippen molar-refractivity contribution in [2.45, 2.75) is 45.1 Å². The molecule has 0 unspecified atom stereocenters. The van der Waals surface area contributed by atoms with Gasteiger partial charge in [0.05, 0.1) is 16.7 Å². The minimum atomic E-state index is -0.199. The molecule has 146 valence electrons.